The van der Waals surface area contributed by atoms with Gasteiger partial charge < -0.3 is 20.4 Å². The fourth-order valence-corrected chi connectivity index (χ4v) is 4.75. The number of anilines is 1. The molecule has 156 valence electrons. The first-order valence-corrected chi connectivity index (χ1v) is 12.0. The van der Waals surface area contributed by atoms with Crippen molar-refractivity contribution in [3.05, 3.63) is 29.8 Å². The lowest BCUT2D eigenvalue weighted by molar-refractivity contribution is 0.191. The third-order valence-corrected chi connectivity index (χ3v) is 6.76. The van der Waals surface area contributed by atoms with E-state index in [-0.39, 0.29) is 0 Å². The molecule has 0 spiro atoms. The van der Waals surface area contributed by atoms with Gasteiger partial charge in [-0.15, -0.1) is 0 Å². The number of nitrogens with one attached hydrogen (secondary N) is 2. The van der Waals surface area contributed by atoms with Crippen LogP contribution in [0.1, 0.15) is 31.7 Å². The van der Waals surface area contributed by atoms with Crippen LogP contribution in [0.25, 0.3) is 0 Å². The summed E-state index contributed by atoms with van der Waals surface area (Å²) in [7, 11) is 1.85. The maximum absolute atomic E-state index is 4.36. The zero-order valence-corrected chi connectivity index (χ0v) is 18.4. The number of likely N-dealkylation sites (tertiary alicyclic amines) is 1. The minimum absolute atomic E-state index is 0.805. The Kier molecular flexibility index (Phi) is 8.80. The zero-order valence-electron chi connectivity index (χ0n) is 17.6. The number of piperidine rings is 1. The minimum atomic E-state index is 0.805. The molecule has 3 rings (SSSR count). The summed E-state index contributed by atoms with van der Waals surface area (Å²) in [6.45, 7) is 10.2. The van der Waals surface area contributed by atoms with Crippen molar-refractivity contribution in [3.63, 3.8) is 0 Å². The molecule has 0 saturated carbocycles. The Morgan fingerprint density at radius 3 is 2.46 bits per heavy atom. The Labute approximate surface area is 175 Å². The smallest absolute Gasteiger partial charge is 0.191 e. The molecule has 2 aliphatic rings. The summed E-state index contributed by atoms with van der Waals surface area (Å²) in [6.07, 6.45) is 3.87. The second-order valence-corrected chi connectivity index (χ2v) is 9.22. The highest BCUT2D eigenvalue weighted by Crippen LogP contribution is 2.20. The van der Waals surface area contributed by atoms with E-state index < -0.39 is 0 Å². The van der Waals surface area contributed by atoms with Crippen molar-refractivity contribution in [2.45, 2.75) is 32.7 Å². The van der Waals surface area contributed by atoms with E-state index in [4.69, 9.17) is 0 Å². The van der Waals surface area contributed by atoms with Crippen molar-refractivity contribution in [2.75, 3.05) is 62.7 Å². The van der Waals surface area contributed by atoms with Gasteiger partial charge in [0.1, 0.15) is 0 Å². The third-order valence-electron chi connectivity index (χ3n) is 5.82. The molecule has 0 aromatic heterocycles. The molecular weight excluding hydrogens is 366 g/mol. The highest BCUT2D eigenvalue weighted by molar-refractivity contribution is 7.99. The molecular formula is C22H37N5S. The lowest BCUT2D eigenvalue weighted by atomic mass is 9.99. The maximum Gasteiger partial charge on any atom is 0.191 e. The second-order valence-electron chi connectivity index (χ2n) is 8.00. The fourth-order valence-electron chi connectivity index (χ4n) is 3.85. The monoisotopic (exact) mass is 403 g/mol. The number of thioether (sulfide) groups is 1. The van der Waals surface area contributed by atoms with Gasteiger partial charge >= 0.3 is 0 Å². The highest BCUT2D eigenvalue weighted by atomic mass is 32.2. The van der Waals surface area contributed by atoms with E-state index in [9.17, 15) is 0 Å². The molecule has 1 aromatic rings. The van der Waals surface area contributed by atoms with E-state index in [1.807, 2.05) is 7.05 Å². The molecule has 6 heteroatoms. The molecule has 0 unspecified atom stereocenters. The van der Waals surface area contributed by atoms with Crippen molar-refractivity contribution in [3.8, 4) is 0 Å². The van der Waals surface area contributed by atoms with Crippen LogP contribution in [0, 0.1) is 5.92 Å². The molecule has 0 aliphatic carbocycles. The molecule has 2 N–H and O–H groups in total. The molecule has 2 fully saturated rings. The van der Waals surface area contributed by atoms with Crippen molar-refractivity contribution in [1.82, 2.24) is 15.5 Å². The average Bonchev–Trinajstić information content (AvgIpc) is 2.75. The van der Waals surface area contributed by atoms with E-state index in [2.05, 4.69) is 68.4 Å². The van der Waals surface area contributed by atoms with Crippen LogP contribution in [0.2, 0.25) is 0 Å². The number of rotatable bonds is 7. The minimum Gasteiger partial charge on any atom is -0.370 e. The van der Waals surface area contributed by atoms with Crippen LogP contribution in [0.5, 0.6) is 0 Å². The lowest BCUT2D eigenvalue weighted by Crippen LogP contribution is -2.39. The Morgan fingerprint density at radius 2 is 1.79 bits per heavy atom. The molecule has 5 nitrogen and oxygen atoms in total. The van der Waals surface area contributed by atoms with E-state index in [0.29, 0.717) is 0 Å². The van der Waals surface area contributed by atoms with Gasteiger partial charge in [0, 0.05) is 50.4 Å². The first-order valence-electron chi connectivity index (χ1n) is 10.8. The van der Waals surface area contributed by atoms with Gasteiger partial charge in [-0.25, -0.2) is 0 Å². The lowest BCUT2D eigenvalue weighted by Gasteiger charge is -2.30. The molecule has 2 aliphatic heterocycles. The number of hydrogen-bond donors (Lipinski definition) is 2. The summed E-state index contributed by atoms with van der Waals surface area (Å²) >= 11 is 2.05. The van der Waals surface area contributed by atoms with Crippen LogP contribution in [0.3, 0.4) is 0 Å². The summed E-state index contributed by atoms with van der Waals surface area (Å²) in [5.41, 5.74) is 2.64. The van der Waals surface area contributed by atoms with Gasteiger partial charge in [0.05, 0.1) is 0 Å². The van der Waals surface area contributed by atoms with Gasteiger partial charge in [0.15, 0.2) is 5.96 Å². The van der Waals surface area contributed by atoms with E-state index in [1.54, 1.807) is 0 Å². The number of hydrogen-bond acceptors (Lipinski definition) is 4. The van der Waals surface area contributed by atoms with Crippen molar-refractivity contribution < 1.29 is 0 Å². The largest absolute Gasteiger partial charge is 0.370 e. The van der Waals surface area contributed by atoms with Gasteiger partial charge in [-0.2, -0.15) is 11.8 Å². The van der Waals surface area contributed by atoms with Crippen LogP contribution in [0.15, 0.2) is 29.3 Å². The second kappa shape index (κ2) is 11.6. The van der Waals surface area contributed by atoms with Gasteiger partial charge in [-0.1, -0.05) is 19.1 Å². The van der Waals surface area contributed by atoms with Crippen LogP contribution in [-0.4, -0.2) is 68.7 Å². The normalized spacial score (nSPS) is 19.6. The molecule has 28 heavy (non-hydrogen) atoms. The quantitative estimate of drug-likeness (QED) is 0.416. The van der Waals surface area contributed by atoms with Crippen LogP contribution < -0.4 is 15.5 Å². The first-order chi connectivity index (χ1) is 13.7. The zero-order chi connectivity index (χ0) is 19.6. The molecule has 0 atom stereocenters. The molecule has 1 aromatic carbocycles. The van der Waals surface area contributed by atoms with Crippen LogP contribution in [0.4, 0.5) is 5.69 Å². The number of benzene rings is 1. The van der Waals surface area contributed by atoms with Crippen molar-refractivity contribution in [1.29, 1.82) is 0 Å². The Bertz CT molecular complexity index is 589. The fraction of sp³-hybridized carbons (Fsp3) is 0.682. The van der Waals surface area contributed by atoms with E-state index >= 15 is 0 Å². The molecule has 0 amide bonds. The Balaban J connectivity index is 1.33. The summed E-state index contributed by atoms with van der Waals surface area (Å²) in [5.74, 6) is 4.28. The highest BCUT2D eigenvalue weighted by Gasteiger charge is 2.14. The predicted molar refractivity (Wildman–Crippen MR) is 124 cm³/mol. The number of nitrogens with zero attached hydrogens (tertiary/aromatic N) is 3. The SMILES string of the molecule is CN=C(NCCCN1CCC(C)CC1)NCc1ccc(N2CCSCC2)cc1. The van der Waals surface area contributed by atoms with Gasteiger partial charge in [0.2, 0.25) is 0 Å². The third kappa shape index (κ3) is 6.89. The summed E-state index contributed by atoms with van der Waals surface area (Å²) < 4.78 is 0. The number of guanidine groups is 1. The molecule has 0 radical (unpaired) electrons. The van der Waals surface area contributed by atoms with Crippen molar-refractivity contribution >= 4 is 23.4 Å². The van der Waals surface area contributed by atoms with E-state index in [0.717, 1.165) is 44.5 Å². The van der Waals surface area contributed by atoms with Crippen molar-refractivity contribution in [2.24, 2.45) is 10.9 Å². The van der Waals surface area contributed by atoms with E-state index in [1.165, 1.54) is 55.2 Å². The van der Waals surface area contributed by atoms with Gasteiger partial charge in [-0.3, -0.25) is 4.99 Å². The van der Waals surface area contributed by atoms with Crippen LogP contribution >= 0.6 is 11.8 Å². The number of aliphatic imine (C=N–C) groups is 1. The maximum atomic E-state index is 4.36. The first kappa shape index (κ1) is 21.3. The Hall–Kier alpha value is -1.40. The standard InChI is InChI=1S/C22H37N5S/c1-19-8-12-26(13-9-19)11-3-10-24-22(23-2)25-18-20-4-6-21(7-5-20)27-14-16-28-17-15-27/h4-7,19H,3,8-18H2,1-2H3,(H2,23,24,25). The molecule has 2 saturated heterocycles. The van der Waals surface area contributed by atoms with Gasteiger partial charge in [0.25, 0.3) is 0 Å². The average molecular weight is 404 g/mol. The Morgan fingerprint density at radius 1 is 1.07 bits per heavy atom. The van der Waals surface area contributed by atoms with Crippen LogP contribution in [-0.2, 0) is 6.54 Å². The molecule has 0 bridgehead atoms. The molecule has 2 heterocycles. The summed E-state index contributed by atoms with van der Waals surface area (Å²) in [6, 6.07) is 8.97. The summed E-state index contributed by atoms with van der Waals surface area (Å²) in [4.78, 5) is 9.44. The summed E-state index contributed by atoms with van der Waals surface area (Å²) in [5, 5.41) is 6.89. The topological polar surface area (TPSA) is 42.9 Å². The predicted octanol–water partition coefficient (Wildman–Crippen LogP) is 3.03. The van der Waals surface area contributed by atoms with Gasteiger partial charge in [-0.05, 0) is 62.5 Å².